The van der Waals surface area contributed by atoms with Gasteiger partial charge in [0, 0.05) is 18.2 Å². The Morgan fingerprint density at radius 1 is 1.27 bits per heavy atom. The van der Waals surface area contributed by atoms with Crippen LogP contribution in [0.25, 0.3) is 0 Å². The molecule has 0 aromatic heterocycles. The van der Waals surface area contributed by atoms with Gasteiger partial charge in [0.15, 0.2) is 0 Å². The van der Waals surface area contributed by atoms with Gasteiger partial charge in [-0.3, -0.25) is 0 Å². The lowest BCUT2D eigenvalue weighted by Gasteiger charge is -2.30. The van der Waals surface area contributed by atoms with Crippen molar-refractivity contribution in [2.45, 2.75) is 52.6 Å². The van der Waals surface area contributed by atoms with Gasteiger partial charge in [-0.2, -0.15) is 0 Å². The fourth-order valence-electron chi connectivity index (χ4n) is 2.07. The van der Waals surface area contributed by atoms with E-state index in [1.165, 1.54) is 18.9 Å². The lowest BCUT2D eigenvalue weighted by Crippen LogP contribution is -2.41. The molecule has 0 aliphatic carbocycles. The van der Waals surface area contributed by atoms with Crippen molar-refractivity contribution in [2.75, 3.05) is 0 Å². The molecule has 2 N–H and O–H groups in total. The summed E-state index contributed by atoms with van der Waals surface area (Å²) in [5.74, 6) is 0.0359. The molecule has 0 bridgehead atoms. The first kappa shape index (κ1) is 14.2. The van der Waals surface area contributed by atoms with Crippen molar-refractivity contribution < 1.29 is 9.90 Å². The number of carboxylic acid groups (broad SMARTS) is 1. The topological polar surface area (TPSA) is 49.3 Å². The van der Waals surface area contributed by atoms with Crippen LogP contribution < -0.4 is 5.32 Å². The Kier molecular flexibility index (Phi) is 7.05. The van der Waals surface area contributed by atoms with Crippen molar-refractivity contribution in [1.29, 1.82) is 0 Å². The molecule has 2 atom stereocenters. The highest BCUT2D eigenvalue weighted by Crippen LogP contribution is 2.18. The molecular formula is C12H23NO2. The van der Waals surface area contributed by atoms with Crippen LogP contribution in [0.1, 0.15) is 40.5 Å². The van der Waals surface area contributed by atoms with Gasteiger partial charge in [0.25, 0.3) is 0 Å². The summed E-state index contributed by atoms with van der Waals surface area (Å²) in [6, 6.07) is 1.48. The van der Waals surface area contributed by atoms with Crippen molar-refractivity contribution in [2.24, 2.45) is 5.92 Å². The Labute approximate surface area is 92.6 Å². The van der Waals surface area contributed by atoms with Gasteiger partial charge < -0.3 is 10.4 Å². The van der Waals surface area contributed by atoms with Gasteiger partial charge in [0.2, 0.25) is 0 Å². The third kappa shape index (κ3) is 8.18. The third-order valence-electron chi connectivity index (χ3n) is 2.39. The van der Waals surface area contributed by atoms with E-state index < -0.39 is 5.97 Å². The molecule has 0 aromatic carbocycles. The average Bonchev–Trinajstić information content (AvgIpc) is 2.00. The van der Waals surface area contributed by atoms with Gasteiger partial charge >= 0.3 is 5.97 Å². The number of allylic oxidation sites excluding steroid dienone is 1. The summed E-state index contributed by atoms with van der Waals surface area (Å²) in [7, 11) is 0. The van der Waals surface area contributed by atoms with Gasteiger partial charge in [-0.15, -0.1) is 0 Å². The molecule has 0 amide bonds. The van der Waals surface area contributed by atoms with Crippen LogP contribution in [-0.4, -0.2) is 23.2 Å². The Hall–Kier alpha value is -0.830. The number of aliphatic carboxylic acids is 1. The second-order valence-electron chi connectivity index (χ2n) is 4.38. The molecule has 0 saturated carbocycles. The van der Waals surface area contributed by atoms with Crippen LogP contribution in [0.4, 0.5) is 0 Å². The van der Waals surface area contributed by atoms with Crippen LogP contribution in [0.15, 0.2) is 12.2 Å². The third-order valence-corrected chi connectivity index (χ3v) is 2.39. The first-order chi connectivity index (χ1) is 6.95. The first-order valence-electron chi connectivity index (χ1n) is 5.57. The summed E-state index contributed by atoms with van der Waals surface area (Å²) in [5, 5.41) is 11.3. The Morgan fingerprint density at radius 3 is 1.93 bits per heavy atom. The average molecular weight is 213 g/mol. The Balaban J connectivity index is 0.000000288. The van der Waals surface area contributed by atoms with E-state index in [4.69, 9.17) is 5.11 Å². The van der Waals surface area contributed by atoms with E-state index >= 15 is 0 Å². The van der Waals surface area contributed by atoms with Crippen molar-refractivity contribution in [3.05, 3.63) is 12.2 Å². The largest absolute Gasteiger partial charge is 0.478 e. The van der Waals surface area contributed by atoms with Gasteiger partial charge in [-0.25, -0.2) is 4.79 Å². The molecule has 1 heterocycles. The fourth-order valence-corrected chi connectivity index (χ4v) is 2.07. The molecule has 2 unspecified atom stereocenters. The molecule has 1 aliphatic heterocycles. The van der Waals surface area contributed by atoms with Gasteiger partial charge in [-0.05, 0) is 39.5 Å². The number of carboxylic acids is 1. The number of rotatable bonds is 1. The van der Waals surface area contributed by atoms with Crippen LogP contribution in [0.2, 0.25) is 0 Å². The van der Waals surface area contributed by atoms with E-state index in [-0.39, 0.29) is 0 Å². The SMILES string of the molecule is CC1CC(C)NC(C)C1.CC=CC(=O)O. The summed E-state index contributed by atoms with van der Waals surface area (Å²) in [5.41, 5.74) is 0. The Bertz CT molecular complexity index is 189. The van der Waals surface area contributed by atoms with Crippen molar-refractivity contribution in [3.63, 3.8) is 0 Å². The zero-order valence-corrected chi connectivity index (χ0v) is 10.2. The van der Waals surface area contributed by atoms with Crippen molar-refractivity contribution in [3.8, 4) is 0 Å². The van der Waals surface area contributed by atoms with E-state index in [9.17, 15) is 4.79 Å². The minimum Gasteiger partial charge on any atom is -0.478 e. The minimum atomic E-state index is -0.891. The van der Waals surface area contributed by atoms with Crippen LogP contribution >= 0.6 is 0 Å². The normalized spacial score (nSPS) is 30.8. The molecule has 1 saturated heterocycles. The van der Waals surface area contributed by atoms with Crippen LogP contribution in [0.5, 0.6) is 0 Å². The minimum absolute atomic E-state index is 0.740. The van der Waals surface area contributed by atoms with Crippen molar-refractivity contribution >= 4 is 5.97 Å². The quantitative estimate of drug-likeness (QED) is 0.658. The smallest absolute Gasteiger partial charge is 0.327 e. The van der Waals surface area contributed by atoms with Crippen molar-refractivity contribution in [1.82, 2.24) is 5.32 Å². The number of hydrogen-bond acceptors (Lipinski definition) is 2. The standard InChI is InChI=1S/C8H17N.C4H6O2/c1-6-4-7(2)9-8(3)5-6;1-2-3-4(5)6/h6-9H,4-5H2,1-3H3;2-3H,1H3,(H,5,6). The van der Waals surface area contributed by atoms with Crippen LogP contribution in [0, 0.1) is 5.92 Å². The molecule has 3 heteroatoms. The Morgan fingerprint density at radius 2 is 1.73 bits per heavy atom. The van der Waals surface area contributed by atoms with Crippen LogP contribution in [-0.2, 0) is 4.79 Å². The van der Waals surface area contributed by atoms with E-state index in [0.29, 0.717) is 0 Å². The first-order valence-corrected chi connectivity index (χ1v) is 5.57. The van der Waals surface area contributed by atoms with E-state index in [2.05, 4.69) is 26.1 Å². The summed E-state index contributed by atoms with van der Waals surface area (Å²) in [6.45, 7) is 8.54. The molecule has 1 fully saturated rings. The summed E-state index contributed by atoms with van der Waals surface area (Å²) >= 11 is 0. The zero-order valence-electron chi connectivity index (χ0n) is 10.2. The monoisotopic (exact) mass is 213 g/mol. The molecule has 3 nitrogen and oxygen atoms in total. The zero-order chi connectivity index (χ0) is 11.8. The fraction of sp³-hybridized carbons (Fsp3) is 0.750. The summed E-state index contributed by atoms with van der Waals surface area (Å²) in [4.78, 5) is 9.51. The maximum Gasteiger partial charge on any atom is 0.327 e. The molecule has 88 valence electrons. The maximum absolute atomic E-state index is 9.51. The summed E-state index contributed by atoms with van der Waals surface area (Å²) < 4.78 is 0. The highest BCUT2D eigenvalue weighted by molar-refractivity contribution is 5.79. The highest BCUT2D eigenvalue weighted by Gasteiger charge is 2.18. The maximum atomic E-state index is 9.51. The molecule has 0 radical (unpaired) electrons. The number of piperidine rings is 1. The second kappa shape index (κ2) is 7.46. The van der Waals surface area contributed by atoms with E-state index in [1.807, 2.05) is 0 Å². The second-order valence-corrected chi connectivity index (χ2v) is 4.38. The predicted molar refractivity (Wildman–Crippen MR) is 62.9 cm³/mol. The molecule has 1 aliphatic rings. The lowest BCUT2D eigenvalue weighted by molar-refractivity contribution is -0.131. The number of carbonyl (C=O) groups is 1. The molecule has 15 heavy (non-hydrogen) atoms. The number of hydrogen-bond donors (Lipinski definition) is 2. The molecule has 0 spiro atoms. The van der Waals surface area contributed by atoms with E-state index in [0.717, 1.165) is 24.1 Å². The molecule has 0 aromatic rings. The highest BCUT2D eigenvalue weighted by atomic mass is 16.4. The molecular weight excluding hydrogens is 190 g/mol. The lowest BCUT2D eigenvalue weighted by atomic mass is 9.91. The van der Waals surface area contributed by atoms with Gasteiger partial charge in [0.05, 0.1) is 0 Å². The molecule has 1 rings (SSSR count). The summed E-state index contributed by atoms with van der Waals surface area (Å²) in [6.07, 6.45) is 5.26. The van der Waals surface area contributed by atoms with Gasteiger partial charge in [0.1, 0.15) is 0 Å². The predicted octanol–water partition coefficient (Wildman–Crippen LogP) is 2.43. The van der Waals surface area contributed by atoms with Crippen LogP contribution in [0.3, 0.4) is 0 Å². The van der Waals surface area contributed by atoms with Gasteiger partial charge in [-0.1, -0.05) is 13.0 Å². The number of nitrogens with one attached hydrogen (secondary N) is 1. The van der Waals surface area contributed by atoms with E-state index in [1.54, 1.807) is 6.92 Å².